The van der Waals surface area contributed by atoms with Crippen molar-refractivity contribution in [3.05, 3.63) is 59.4 Å². The van der Waals surface area contributed by atoms with Gasteiger partial charge in [-0.2, -0.15) is 4.89 Å². The van der Waals surface area contributed by atoms with Crippen LogP contribution in [0.4, 0.5) is 4.39 Å². The summed E-state index contributed by atoms with van der Waals surface area (Å²) in [6.45, 7) is 2.29. The summed E-state index contributed by atoms with van der Waals surface area (Å²) >= 11 is 0. The molecule has 0 aromatic heterocycles. The average Bonchev–Trinajstić information content (AvgIpc) is 3.04. The summed E-state index contributed by atoms with van der Waals surface area (Å²) in [5.41, 5.74) is 2.12. The fourth-order valence-corrected chi connectivity index (χ4v) is 3.44. The Morgan fingerprint density at radius 2 is 2.00 bits per heavy atom. The van der Waals surface area contributed by atoms with Gasteiger partial charge >= 0.3 is 0 Å². The molecule has 0 spiro atoms. The molecule has 1 fully saturated rings. The molecule has 0 amide bonds. The van der Waals surface area contributed by atoms with Gasteiger partial charge < -0.3 is 14.5 Å². The number of hydrogen-bond acceptors (Lipinski definition) is 4. The van der Waals surface area contributed by atoms with Crippen LogP contribution in [0.3, 0.4) is 0 Å². The Morgan fingerprint density at radius 3 is 2.83 bits per heavy atom. The predicted molar refractivity (Wildman–Crippen MR) is 87.5 cm³/mol. The zero-order valence-electron chi connectivity index (χ0n) is 13.6. The van der Waals surface area contributed by atoms with E-state index in [2.05, 4.69) is 11.9 Å². The normalized spacial score (nSPS) is 23.6. The summed E-state index contributed by atoms with van der Waals surface area (Å²) in [6, 6.07) is 12.5. The van der Waals surface area contributed by atoms with E-state index in [4.69, 9.17) is 14.5 Å². The molecule has 0 radical (unpaired) electrons. The van der Waals surface area contributed by atoms with Gasteiger partial charge in [0.1, 0.15) is 24.3 Å². The first-order valence-corrected chi connectivity index (χ1v) is 8.22. The first-order valence-electron chi connectivity index (χ1n) is 8.22. The Labute approximate surface area is 140 Å². The van der Waals surface area contributed by atoms with E-state index in [9.17, 15) is 4.39 Å². The van der Waals surface area contributed by atoms with E-state index in [0.717, 1.165) is 42.1 Å². The highest BCUT2D eigenvalue weighted by molar-refractivity contribution is 5.41. The number of hydrogen-bond donors (Lipinski definition) is 0. The lowest BCUT2D eigenvalue weighted by Gasteiger charge is -2.37. The van der Waals surface area contributed by atoms with Crippen molar-refractivity contribution in [1.82, 2.24) is 4.90 Å². The van der Waals surface area contributed by atoms with Crippen LogP contribution in [0.5, 0.6) is 11.5 Å². The van der Waals surface area contributed by atoms with Crippen molar-refractivity contribution in [3.8, 4) is 11.5 Å². The maximum absolute atomic E-state index is 13.2. The van der Waals surface area contributed by atoms with Crippen LogP contribution in [0.1, 0.15) is 23.5 Å². The van der Waals surface area contributed by atoms with Gasteiger partial charge in [-0.05, 0) is 55.9 Å². The van der Waals surface area contributed by atoms with Gasteiger partial charge in [0.15, 0.2) is 5.75 Å². The van der Waals surface area contributed by atoms with Crippen molar-refractivity contribution in [2.45, 2.75) is 25.0 Å². The summed E-state index contributed by atoms with van der Waals surface area (Å²) in [6.07, 6.45) is 1.01. The second-order valence-electron chi connectivity index (χ2n) is 6.48. The first kappa shape index (κ1) is 15.4. The molecule has 4 nitrogen and oxygen atoms in total. The lowest BCUT2D eigenvalue weighted by molar-refractivity contribution is -0.194. The van der Waals surface area contributed by atoms with E-state index < -0.39 is 0 Å². The van der Waals surface area contributed by atoms with Crippen molar-refractivity contribution in [3.63, 3.8) is 0 Å². The molecule has 126 valence electrons. The van der Waals surface area contributed by atoms with Gasteiger partial charge in [-0.25, -0.2) is 4.39 Å². The van der Waals surface area contributed by atoms with Crippen molar-refractivity contribution < 1.29 is 18.9 Å². The van der Waals surface area contributed by atoms with E-state index in [-0.39, 0.29) is 17.8 Å². The van der Waals surface area contributed by atoms with Crippen LogP contribution in [0.25, 0.3) is 0 Å². The van der Waals surface area contributed by atoms with Crippen LogP contribution >= 0.6 is 0 Å². The van der Waals surface area contributed by atoms with Crippen molar-refractivity contribution in [1.29, 1.82) is 0 Å². The molecule has 0 N–H and O–H groups in total. The molecule has 24 heavy (non-hydrogen) atoms. The summed E-state index contributed by atoms with van der Waals surface area (Å²) in [4.78, 5) is 12.3. The van der Waals surface area contributed by atoms with Gasteiger partial charge in [-0.1, -0.05) is 12.1 Å². The van der Waals surface area contributed by atoms with E-state index in [1.807, 2.05) is 30.3 Å². The van der Waals surface area contributed by atoms with Gasteiger partial charge in [0.25, 0.3) is 0 Å². The van der Waals surface area contributed by atoms with E-state index >= 15 is 0 Å². The molecule has 2 aromatic carbocycles. The van der Waals surface area contributed by atoms with Crippen molar-refractivity contribution in [2.24, 2.45) is 0 Å². The molecule has 0 aliphatic carbocycles. The number of piperidine rings is 1. The Hall–Kier alpha value is -2.11. The smallest absolute Gasteiger partial charge is 0.171 e. The van der Waals surface area contributed by atoms with Gasteiger partial charge in [0, 0.05) is 18.0 Å². The van der Waals surface area contributed by atoms with Gasteiger partial charge in [-0.3, -0.25) is 0 Å². The molecule has 1 saturated heterocycles. The third-order valence-corrected chi connectivity index (χ3v) is 4.74. The molecule has 2 unspecified atom stereocenters. The lowest BCUT2D eigenvalue weighted by atomic mass is 9.87. The standard InChI is InChI=1S/C19H20FNO3/c1-21-9-8-17(13-2-4-15(20)5-3-13)19(11-21)23-16-6-7-18-14(10-16)12-22-24-18/h2-7,10,17,19H,8-9,11-12H2,1H3. The second kappa shape index (κ2) is 6.42. The first-order chi connectivity index (χ1) is 11.7. The number of benzene rings is 2. The van der Waals surface area contributed by atoms with Crippen LogP contribution in [-0.4, -0.2) is 31.1 Å². The van der Waals surface area contributed by atoms with Crippen LogP contribution in [0, 0.1) is 5.82 Å². The highest BCUT2D eigenvalue weighted by Crippen LogP contribution is 2.34. The summed E-state index contributed by atoms with van der Waals surface area (Å²) in [7, 11) is 2.10. The molecule has 2 heterocycles. The molecule has 2 aliphatic rings. The minimum Gasteiger partial charge on any atom is -0.488 e. The molecule has 0 bridgehead atoms. The molecule has 2 aromatic rings. The van der Waals surface area contributed by atoms with Crippen molar-refractivity contribution in [2.75, 3.05) is 20.1 Å². The Balaban J connectivity index is 1.56. The number of ether oxygens (including phenoxy) is 1. The molecule has 4 rings (SSSR count). The molecular weight excluding hydrogens is 309 g/mol. The third kappa shape index (κ3) is 3.09. The largest absolute Gasteiger partial charge is 0.488 e. The minimum absolute atomic E-state index is 0.0236. The number of halogens is 1. The maximum Gasteiger partial charge on any atom is 0.171 e. The molecule has 2 atom stereocenters. The van der Waals surface area contributed by atoms with Crippen LogP contribution in [0.15, 0.2) is 42.5 Å². The van der Waals surface area contributed by atoms with Crippen LogP contribution < -0.4 is 9.62 Å². The number of nitrogens with zero attached hydrogens (tertiary/aromatic N) is 1. The Bertz CT molecular complexity index is 719. The van der Waals surface area contributed by atoms with Gasteiger partial charge in [0.05, 0.1) is 0 Å². The quantitative estimate of drug-likeness (QED) is 0.806. The van der Waals surface area contributed by atoms with Crippen LogP contribution in [-0.2, 0) is 11.5 Å². The van der Waals surface area contributed by atoms with E-state index in [0.29, 0.717) is 6.61 Å². The SMILES string of the molecule is CN1CCC(c2ccc(F)cc2)C(Oc2ccc3c(c2)COO3)C1. The van der Waals surface area contributed by atoms with Gasteiger partial charge in [-0.15, -0.1) is 0 Å². The monoisotopic (exact) mass is 329 g/mol. The zero-order chi connectivity index (χ0) is 16.5. The zero-order valence-corrected chi connectivity index (χ0v) is 13.6. The Kier molecular flexibility index (Phi) is 4.12. The molecule has 5 heteroatoms. The average molecular weight is 329 g/mol. The lowest BCUT2D eigenvalue weighted by Crippen LogP contribution is -2.43. The van der Waals surface area contributed by atoms with Crippen molar-refractivity contribution >= 4 is 0 Å². The van der Waals surface area contributed by atoms with E-state index in [1.165, 1.54) is 12.1 Å². The van der Waals surface area contributed by atoms with E-state index in [1.54, 1.807) is 0 Å². The van der Waals surface area contributed by atoms with Crippen LogP contribution in [0.2, 0.25) is 0 Å². The topological polar surface area (TPSA) is 30.9 Å². The molecule has 0 saturated carbocycles. The Morgan fingerprint density at radius 1 is 1.17 bits per heavy atom. The fourth-order valence-electron chi connectivity index (χ4n) is 3.44. The summed E-state index contributed by atoms with van der Waals surface area (Å²) in [5.74, 6) is 1.61. The third-order valence-electron chi connectivity index (χ3n) is 4.74. The maximum atomic E-state index is 13.2. The molecule has 2 aliphatic heterocycles. The number of fused-ring (bicyclic) bond motifs is 1. The molecular formula is C19H20FNO3. The predicted octanol–water partition coefficient (Wildman–Crippen LogP) is 3.52. The highest BCUT2D eigenvalue weighted by atomic mass is 19.1. The summed E-state index contributed by atoms with van der Waals surface area (Å²) in [5, 5.41) is 0. The highest BCUT2D eigenvalue weighted by Gasteiger charge is 2.31. The van der Waals surface area contributed by atoms with Gasteiger partial charge in [0.2, 0.25) is 0 Å². The fraction of sp³-hybridized carbons (Fsp3) is 0.368. The number of rotatable bonds is 3. The second-order valence-corrected chi connectivity index (χ2v) is 6.48. The minimum atomic E-state index is -0.206. The number of likely N-dealkylation sites (N-methyl/N-ethyl adjacent to an activating group) is 1. The summed E-state index contributed by atoms with van der Waals surface area (Å²) < 4.78 is 19.5. The number of likely N-dealkylation sites (tertiary alicyclic amines) is 1.